The third-order valence-corrected chi connectivity index (χ3v) is 5.46. The zero-order valence-electron chi connectivity index (χ0n) is 16.4. The maximum Gasteiger partial charge on any atom is 0.213 e. The normalized spacial score (nSPS) is 15.9. The van der Waals surface area contributed by atoms with E-state index in [9.17, 15) is 0 Å². The molecule has 8 nitrogen and oxygen atoms in total. The maximum absolute atomic E-state index is 6.36. The number of rotatable bonds is 8. The molecule has 1 unspecified atom stereocenters. The minimum atomic E-state index is 0.0189. The zero-order chi connectivity index (χ0) is 19.9. The summed E-state index contributed by atoms with van der Waals surface area (Å²) >= 11 is 0. The van der Waals surface area contributed by atoms with E-state index in [1.807, 2.05) is 18.2 Å². The average molecular weight is 386 g/mol. The molecule has 0 aromatic carbocycles. The molecule has 0 aliphatic heterocycles. The van der Waals surface area contributed by atoms with Gasteiger partial charge >= 0.3 is 0 Å². The highest BCUT2D eigenvalue weighted by molar-refractivity contribution is 5.70. The molecule has 2 heterocycles. The zero-order valence-corrected chi connectivity index (χ0v) is 16.4. The van der Waals surface area contributed by atoms with Crippen LogP contribution in [-0.4, -0.2) is 29.7 Å². The van der Waals surface area contributed by atoms with Crippen molar-refractivity contribution in [3.05, 3.63) is 35.5 Å². The van der Waals surface area contributed by atoms with Crippen LogP contribution in [0.4, 0.5) is 17.3 Å². The van der Waals surface area contributed by atoms with Crippen molar-refractivity contribution in [2.24, 2.45) is 5.84 Å². The number of hydrogen-bond donors (Lipinski definition) is 5. The lowest BCUT2D eigenvalue weighted by Gasteiger charge is -2.25. The lowest BCUT2D eigenvalue weighted by Crippen LogP contribution is -2.32. The molecule has 2 aromatic heterocycles. The first kappa shape index (κ1) is 20.2. The Morgan fingerprint density at radius 3 is 2.71 bits per heavy atom. The van der Waals surface area contributed by atoms with Crippen molar-refractivity contribution in [2.45, 2.75) is 50.5 Å². The monoisotopic (exact) mass is 385 g/mol. The smallest absolute Gasteiger partial charge is 0.213 e. The number of aromatic nitrogens is 2. The van der Waals surface area contributed by atoms with E-state index in [0.717, 1.165) is 24.1 Å². The summed E-state index contributed by atoms with van der Waals surface area (Å²) in [6, 6.07) is 6.35. The van der Waals surface area contributed by atoms with Gasteiger partial charge in [-0.3, -0.25) is 0 Å². The number of nitrogens with one attached hydrogen (secondary N) is 2. The third-order valence-electron chi connectivity index (χ3n) is 5.46. The molecule has 0 amide bonds. The SMILES string of the molecule is COc1cc(C(CCNC2CCCCC2)c2cc(N)nc(NN)c2N)ccn1. The van der Waals surface area contributed by atoms with Gasteiger partial charge in [-0.05, 0) is 49.1 Å². The second-order valence-electron chi connectivity index (χ2n) is 7.30. The average Bonchev–Trinajstić information content (AvgIpc) is 2.73. The van der Waals surface area contributed by atoms with Crippen LogP contribution in [0.2, 0.25) is 0 Å². The van der Waals surface area contributed by atoms with E-state index in [1.54, 1.807) is 13.3 Å². The summed E-state index contributed by atoms with van der Waals surface area (Å²) in [4.78, 5) is 8.40. The van der Waals surface area contributed by atoms with Crippen molar-refractivity contribution < 1.29 is 4.74 Å². The minimum absolute atomic E-state index is 0.0189. The summed E-state index contributed by atoms with van der Waals surface area (Å²) in [6.45, 7) is 0.882. The Morgan fingerprint density at radius 1 is 1.21 bits per heavy atom. The van der Waals surface area contributed by atoms with Crippen LogP contribution >= 0.6 is 0 Å². The fraction of sp³-hybridized carbons (Fsp3) is 0.500. The molecule has 8 heteroatoms. The highest BCUT2D eigenvalue weighted by atomic mass is 16.5. The fourth-order valence-electron chi connectivity index (χ4n) is 3.99. The van der Waals surface area contributed by atoms with Crippen LogP contribution in [0.25, 0.3) is 0 Å². The van der Waals surface area contributed by atoms with Crippen LogP contribution in [-0.2, 0) is 0 Å². The molecule has 8 N–H and O–H groups in total. The Morgan fingerprint density at radius 2 is 2.00 bits per heavy atom. The number of hydrazine groups is 1. The lowest BCUT2D eigenvalue weighted by molar-refractivity contribution is 0.369. The van der Waals surface area contributed by atoms with Crippen molar-refractivity contribution in [3.8, 4) is 5.88 Å². The molecule has 152 valence electrons. The number of pyridine rings is 2. The molecule has 0 radical (unpaired) electrons. The molecule has 2 aromatic rings. The van der Waals surface area contributed by atoms with E-state index >= 15 is 0 Å². The van der Waals surface area contributed by atoms with Crippen LogP contribution in [0.15, 0.2) is 24.4 Å². The second kappa shape index (κ2) is 9.57. The van der Waals surface area contributed by atoms with Crippen molar-refractivity contribution in [2.75, 3.05) is 30.5 Å². The molecular weight excluding hydrogens is 354 g/mol. The Labute approximate surface area is 166 Å². The highest BCUT2D eigenvalue weighted by Gasteiger charge is 2.22. The van der Waals surface area contributed by atoms with Gasteiger partial charge in [-0.15, -0.1) is 0 Å². The molecule has 1 aliphatic carbocycles. The van der Waals surface area contributed by atoms with Gasteiger partial charge in [0.05, 0.1) is 12.8 Å². The number of methoxy groups -OCH3 is 1. The van der Waals surface area contributed by atoms with E-state index in [2.05, 4.69) is 20.7 Å². The van der Waals surface area contributed by atoms with Gasteiger partial charge in [0.1, 0.15) is 5.82 Å². The molecule has 3 rings (SSSR count). The van der Waals surface area contributed by atoms with Gasteiger partial charge in [0.25, 0.3) is 0 Å². The Hall–Kier alpha value is -2.58. The van der Waals surface area contributed by atoms with Crippen LogP contribution in [0, 0.1) is 0 Å². The molecule has 0 spiro atoms. The number of hydrogen-bond acceptors (Lipinski definition) is 8. The Balaban J connectivity index is 1.87. The quantitative estimate of drug-likeness (QED) is 0.345. The summed E-state index contributed by atoms with van der Waals surface area (Å²) in [7, 11) is 1.61. The van der Waals surface area contributed by atoms with E-state index in [1.165, 1.54) is 32.1 Å². The van der Waals surface area contributed by atoms with Crippen LogP contribution in [0.3, 0.4) is 0 Å². The van der Waals surface area contributed by atoms with Gasteiger partial charge in [-0.2, -0.15) is 0 Å². The van der Waals surface area contributed by atoms with E-state index < -0.39 is 0 Å². The van der Waals surface area contributed by atoms with Crippen LogP contribution in [0.1, 0.15) is 55.6 Å². The predicted molar refractivity (Wildman–Crippen MR) is 113 cm³/mol. The minimum Gasteiger partial charge on any atom is -0.481 e. The molecule has 1 fully saturated rings. The lowest BCUT2D eigenvalue weighted by atomic mass is 9.87. The van der Waals surface area contributed by atoms with E-state index in [4.69, 9.17) is 22.0 Å². The first-order chi connectivity index (χ1) is 13.6. The summed E-state index contributed by atoms with van der Waals surface area (Å²) in [6.07, 6.45) is 9.07. The first-order valence-corrected chi connectivity index (χ1v) is 9.88. The fourth-order valence-corrected chi connectivity index (χ4v) is 3.99. The van der Waals surface area contributed by atoms with Gasteiger partial charge < -0.3 is 26.9 Å². The Bertz CT molecular complexity index is 777. The molecule has 28 heavy (non-hydrogen) atoms. The molecular formula is C20H31N7O. The van der Waals surface area contributed by atoms with Gasteiger partial charge in [-0.25, -0.2) is 15.8 Å². The third kappa shape index (κ3) is 4.82. The largest absolute Gasteiger partial charge is 0.481 e. The number of nitrogens with zero attached hydrogens (tertiary/aromatic N) is 2. The summed E-state index contributed by atoms with van der Waals surface area (Å²) in [5.74, 6) is 6.94. The number of anilines is 3. The topological polar surface area (TPSA) is 137 Å². The predicted octanol–water partition coefficient (Wildman–Crippen LogP) is 2.38. The van der Waals surface area contributed by atoms with Crippen LogP contribution in [0.5, 0.6) is 5.88 Å². The maximum atomic E-state index is 6.36. The van der Waals surface area contributed by atoms with Gasteiger partial charge in [0.2, 0.25) is 5.88 Å². The van der Waals surface area contributed by atoms with Gasteiger partial charge in [-0.1, -0.05) is 19.3 Å². The summed E-state index contributed by atoms with van der Waals surface area (Å²) < 4.78 is 5.31. The molecule has 0 saturated heterocycles. The van der Waals surface area contributed by atoms with Crippen LogP contribution < -0.4 is 32.8 Å². The number of ether oxygens (including phenoxy) is 1. The standard InChI is InChI=1S/C20H31N7O/c1-28-18-11-13(7-9-25-18)15(8-10-24-14-5-3-2-4-6-14)16-12-17(21)26-20(27-23)19(16)22/h7,9,11-12,14-15,24H,2-6,8,10,22-23H2,1H3,(H3,21,26,27). The molecule has 1 saturated carbocycles. The first-order valence-electron chi connectivity index (χ1n) is 9.88. The van der Waals surface area contributed by atoms with Crippen molar-refractivity contribution in [1.29, 1.82) is 0 Å². The molecule has 1 atom stereocenters. The van der Waals surface area contributed by atoms with E-state index in [0.29, 0.717) is 29.2 Å². The second-order valence-corrected chi connectivity index (χ2v) is 7.30. The summed E-state index contributed by atoms with van der Waals surface area (Å²) in [5, 5.41) is 3.71. The van der Waals surface area contributed by atoms with E-state index in [-0.39, 0.29) is 5.92 Å². The molecule has 1 aliphatic rings. The molecule has 0 bridgehead atoms. The van der Waals surface area contributed by atoms with Crippen molar-refractivity contribution in [1.82, 2.24) is 15.3 Å². The number of nitrogen functional groups attached to an aromatic ring is 3. The Kier molecular flexibility index (Phi) is 6.89. The van der Waals surface area contributed by atoms with Gasteiger partial charge in [0.15, 0.2) is 5.82 Å². The van der Waals surface area contributed by atoms with Crippen molar-refractivity contribution in [3.63, 3.8) is 0 Å². The summed E-state index contributed by atoms with van der Waals surface area (Å²) in [5.41, 5.74) is 17.4. The highest BCUT2D eigenvalue weighted by Crippen LogP contribution is 2.36. The van der Waals surface area contributed by atoms with Crippen molar-refractivity contribution >= 4 is 17.3 Å². The van der Waals surface area contributed by atoms with Gasteiger partial charge in [0, 0.05) is 24.2 Å². The number of nitrogens with two attached hydrogens (primary N) is 3.